The maximum Gasteiger partial charge on any atom is 0.328 e. The lowest BCUT2D eigenvalue weighted by Gasteiger charge is -2.14. The fourth-order valence-corrected chi connectivity index (χ4v) is 1.37. The average Bonchev–Trinajstić information content (AvgIpc) is 2.21. The molecule has 84 valence electrons. The Labute approximate surface area is 94.0 Å². The minimum Gasteiger partial charge on any atom is -0.354 e. The number of H-pyrrole nitrogens is 1. The van der Waals surface area contributed by atoms with Gasteiger partial charge in [-0.2, -0.15) is 0 Å². The highest BCUT2D eigenvalue weighted by atomic mass is 79.9. The highest BCUT2D eigenvalue weighted by Gasteiger charge is 2.09. The lowest BCUT2D eigenvalue weighted by Crippen LogP contribution is -2.34. The first-order chi connectivity index (χ1) is 7.08. The van der Waals surface area contributed by atoms with Crippen molar-refractivity contribution in [2.45, 2.75) is 12.8 Å². The predicted octanol–water partition coefficient (Wildman–Crippen LogP) is -0.0820. The van der Waals surface area contributed by atoms with Gasteiger partial charge in [-0.1, -0.05) is 0 Å². The molecule has 0 aliphatic carbocycles. The fraction of sp³-hybridized carbons (Fsp3) is 0.500. The second-order valence-electron chi connectivity index (χ2n) is 2.79. The summed E-state index contributed by atoms with van der Waals surface area (Å²) >= 11 is 3.03. The van der Waals surface area contributed by atoms with Crippen molar-refractivity contribution < 1.29 is 9.47 Å². The van der Waals surface area contributed by atoms with Crippen LogP contribution in [0, 0.1) is 0 Å². The van der Waals surface area contributed by atoms with E-state index in [1.807, 2.05) is 0 Å². The molecular weight excluding hydrogens is 268 g/mol. The molecule has 0 radical (unpaired) electrons. The zero-order valence-corrected chi connectivity index (χ0v) is 9.91. The third kappa shape index (κ3) is 3.01. The molecule has 0 saturated heterocycles. The maximum atomic E-state index is 11.3. The topological polar surface area (TPSA) is 73.3 Å². The molecule has 0 fully saturated rings. The molecule has 7 heteroatoms. The van der Waals surface area contributed by atoms with Crippen LogP contribution >= 0.6 is 15.9 Å². The van der Waals surface area contributed by atoms with E-state index in [0.29, 0.717) is 0 Å². The molecule has 1 N–H and O–H groups in total. The van der Waals surface area contributed by atoms with Crippen LogP contribution in [0.25, 0.3) is 0 Å². The number of halogens is 1. The number of nitrogens with one attached hydrogen (secondary N) is 1. The summed E-state index contributed by atoms with van der Waals surface area (Å²) in [5.41, 5.74) is -0.954. The van der Waals surface area contributed by atoms with Crippen molar-refractivity contribution in [3.8, 4) is 0 Å². The highest BCUT2D eigenvalue weighted by Crippen LogP contribution is 2.00. The smallest absolute Gasteiger partial charge is 0.328 e. The van der Waals surface area contributed by atoms with Crippen molar-refractivity contribution in [3.63, 3.8) is 0 Å². The van der Waals surface area contributed by atoms with Crippen molar-refractivity contribution in [1.82, 2.24) is 9.55 Å². The molecule has 1 aromatic rings. The van der Waals surface area contributed by atoms with Crippen LogP contribution in [0.3, 0.4) is 0 Å². The Morgan fingerprint density at radius 1 is 1.47 bits per heavy atom. The Kier molecular flexibility index (Phi) is 4.25. The predicted molar refractivity (Wildman–Crippen MR) is 56.8 cm³/mol. The van der Waals surface area contributed by atoms with Crippen LogP contribution in [0.4, 0.5) is 0 Å². The largest absolute Gasteiger partial charge is 0.354 e. The van der Waals surface area contributed by atoms with E-state index in [1.165, 1.54) is 25.0 Å². The summed E-state index contributed by atoms with van der Waals surface area (Å²) in [5, 5.41) is 0. The number of ether oxygens (including phenoxy) is 2. The van der Waals surface area contributed by atoms with Crippen molar-refractivity contribution in [3.05, 3.63) is 31.5 Å². The highest BCUT2D eigenvalue weighted by molar-refractivity contribution is 9.10. The van der Waals surface area contributed by atoms with Crippen molar-refractivity contribution in [2.75, 3.05) is 14.2 Å². The zero-order valence-electron chi connectivity index (χ0n) is 8.32. The van der Waals surface area contributed by atoms with Gasteiger partial charge < -0.3 is 9.47 Å². The number of hydrogen-bond donors (Lipinski definition) is 1. The van der Waals surface area contributed by atoms with Gasteiger partial charge in [0.05, 0.1) is 11.0 Å². The summed E-state index contributed by atoms with van der Waals surface area (Å²) in [4.78, 5) is 24.5. The van der Waals surface area contributed by atoms with E-state index >= 15 is 0 Å². The first-order valence-electron chi connectivity index (χ1n) is 4.13. The number of methoxy groups -OCH3 is 2. The fourth-order valence-electron chi connectivity index (χ4n) is 1.02. The minimum absolute atomic E-state index is 0.210. The summed E-state index contributed by atoms with van der Waals surface area (Å²) in [5.74, 6) is 0. The molecule has 0 aromatic carbocycles. The van der Waals surface area contributed by atoms with Crippen LogP contribution in [0.5, 0.6) is 0 Å². The molecular formula is C8H11BrN2O4. The molecule has 0 bridgehead atoms. The summed E-state index contributed by atoms with van der Waals surface area (Å²) < 4.78 is 11.5. The molecule has 1 heterocycles. The molecule has 0 unspecified atom stereocenters. The molecule has 1 rings (SSSR count). The van der Waals surface area contributed by atoms with E-state index in [-0.39, 0.29) is 11.0 Å². The summed E-state index contributed by atoms with van der Waals surface area (Å²) in [6.45, 7) is 0.210. The molecule has 6 nitrogen and oxygen atoms in total. The van der Waals surface area contributed by atoms with Gasteiger partial charge in [-0.15, -0.1) is 0 Å². The van der Waals surface area contributed by atoms with E-state index in [0.717, 1.165) is 0 Å². The van der Waals surface area contributed by atoms with Crippen LogP contribution < -0.4 is 11.2 Å². The number of aromatic amines is 1. The van der Waals surface area contributed by atoms with Gasteiger partial charge in [-0.25, -0.2) is 4.79 Å². The zero-order chi connectivity index (χ0) is 11.4. The average molecular weight is 279 g/mol. The van der Waals surface area contributed by atoms with Crippen molar-refractivity contribution in [1.29, 1.82) is 0 Å². The van der Waals surface area contributed by atoms with Crippen LogP contribution in [0.2, 0.25) is 0 Å². The van der Waals surface area contributed by atoms with Crippen LogP contribution in [-0.4, -0.2) is 30.1 Å². The van der Waals surface area contributed by atoms with Gasteiger partial charge in [0.2, 0.25) is 0 Å². The van der Waals surface area contributed by atoms with Crippen LogP contribution in [-0.2, 0) is 16.0 Å². The van der Waals surface area contributed by atoms with Gasteiger partial charge in [-0.05, 0) is 15.9 Å². The Bertz CT molecular complexity index is 435. The monoisotopic (exact) mass is 278 g/mol. The molecule has 15 heavy (non-hydrogen) atoms. The molecule has 0 saturated carbocycles. The Balaban J connectivity index is 3.00. The number of aromatic nitrogens is 2. The molecule has 0 aliphatic heterocycles. The van der Waals surface area contributed by atoms with Gasteiger partial charge in [0.1, 0.15) is 0 Å². The number of hydrogen-bond acceptors (Lipinski definition) is 4. The second kappa shape index (κ2) is 5.24. The third-order valence-electron chi connectivity index (χ3n) is 1.84. The summed E-state index contributed by atoms with van der Waals surface area (Å²) in [6, 6.07) is 0. The van der Waals surface area contributed by atoms with Crippen molar-refractivity contribution >= 4 is 15.9 Å². The third-order valence-corrected chi connectivity index (χ3v) is 2.40. The normalized spacial score (nSPS) is 10.9. The van der Waals surface area contributed by atoms with Gasteiger partial charge in [0.15, 0.2) is 6.29 Å². The van der Waals surface area contributed by atoms with Gasteiger partial charge in [0.25, 0.3) is 5.56 Å². The standard InChI is InChI=1S/C8H11BrN2O4/c1-14-6(15-2)4-11-3-5(9)7(12)10-8(11)13/h3,6H,4H2,1-2H3,(H,10,12,13). The van der Waals surface area contributed by atoms with Crippen LogP contribution in [0.1, 0.15) is 0 Å². The molecule has 1 aromatic heterocycles. The van der Waals surface area contributed by atoms with Crippen molar-refractivity contribution in [2.24, 2.45) is 0 Å². The first-order valence-corrected chi connectivity index (χ1v) is 4.92. The Hall–Kier alpha value is -0.920. The quantitative estimate of drug-likeness (QED) is 0.782. The van der Waals surface area contributed by atoms with E-state index in [1.54, 1.807) is 0 Å². The Morgan fingerprint density at radius 3 is 2.60 bits per heavy atom. The van der Waals surface area contributed by atoms with E-state index in [4.69, 9.17) is 9.47 Å². The lowest BCUT2D eigenvalue weighted by molar-refractivity contribution is -0.111. The second-order valence-corrected chi connectivity index (χ2v) is 3.64. The maximum absolute atomic E-state index is 11.3. The van der Waals surface area contributed by atoms with Gasteiger partial charge in [-0.3, -0.25) is 14.3 Å². The Morgan fingerprint density at radius 2 is 2.07 bits per heavy atom. The first kappa shape index (κ1) is 12.2. The van der Waals surface area contributed by atoms with Crippen LogP contribution in [0.15, 0.2) is 20.3 Å². The van der Waals surface area contributed by atoms with E-state index < -0.39 is 17.5 Å². The van der Waals surface area contributed by atoms with E-state index in [9.17, 15) is 9.59 Å². The summed E-state index contributed by atoms with van der Waals surface area (Å²) in [7, 11) is 2.94. The summed E-state index contributed by atoms with van der Waals surface area (Å²) in [6.07, 6.45) is 0.868. The SMILES string of the molecule is COC(Cn1cc(Br)c(=O)[nH]c1=O)OC. The number of nitrogens with zero attached hydrogens (tertiary/aromatic N) is 1. The molecule has 0 amide bonds. The lowest BCUT2D eigenvalue weighted by atomic mass is 10.5. The number of rotatable bonds is 4. The minimum atomic E-state index is -0.527. The molecule has 0 spiro atoms. The molecule has 0 atom stereocenters. The van der Waals surface area contributed by atoms with E-state index in [2.05, 4.69) is 20.9 Å². The van der Waals surface area contributed by atoms with Gasteiger partial charge in [0, 0.05) is 20.4 Å². The van der Waals surface area contributed by atoms with Gasteiger partial charge >= 0.3 is 5.69 Å². The molecule has 0 aliphatic rings.